The van der Waals surface area contributed by atoms with E-state index in [9.17, 15) is 4.79 Å². The number of aromatic nitrogens is 2. The van der Waals surface area contributed by atoms with Gasteiger partial charge in [0.1, 0.15) is 5.82 Å². The van der Waals surface area contributed by atoms with Gasteiger partial charge in [0.2, 0.25) is 11.9 Å². The summed E-state index contributed by atoms with van der Waals surface area (Å²) in [6.07, 6.45) is 0.893. The Bertz CT molecular complexity index is 828. The van der Waals surface area contributed by atoms with E-state index in [1.807, 2.05) is 19.1 Å². The quantitative estimate of drug-likeness (QED) is 0.699. The number of rotatable bonds is 5. The van der Waals surface area contributed by atoms with Crippen LogP contribution >= 0.6 is 11.6 Å². The summed E-state index contributed by atoms with van der Waals surface area (Å²) in [6.45, 7) is 3.53. The van der Waals surface area contributed by atoms with Crippen molar-refractivity contribution in [1.82, 2.24) is 9.97 Å². The predicted octanol–water partition coefficient (Wildman–Crippen LogP) is 2.31. The van der Waals surface area contributed by atoms with Gasteiger partial charge in [-0.25, -0.2) is 4.98 Å². The Hall–Kier alpha value is -2.42. The van der Waals surface area contributed by atoms with Crippen molar-refractivity contribution in [1.29, 1.82) is 0 Å². The van der Waals surface area contributed by atoms with Crippen molar-refractivity contribution in [3.05, 3.63) is 40.5 Å². The van der Waals surface area contributed by atoms with Crippen LogP contribution in [0.4, 0.5) is 17.5 Å². The SMILES string of the molecule is Cc1cc(N2CCCOC[C@H]2c2ccc(NC(=O)CCO)cc2Cl)nc(N)n1. The number of halogens is 1. The van der Waals surface area contributed by atoms with Crippen molar-refractivity contribution in [3.63, 3.8) is 0 Å². The average Bonchev–Trinajstić information content (AvgIpc) is 2.87. The van der Waals surface area contributed by atoms with Gasteiger partial charge in [0.25, 0.3) is 0 Å². The summed E-state index contributed by atoms with van der Waals surface area (Å²) < 4.78 is 5.78. The first-order chi connectivity index (χ1) is 13.5. The highest BCUT2D eigenvalue weighted by Gasteiger charge is 2.27. The standard InChI is InChI=1S/C19H24ClN5O3/c1-12-9-17(24-19(21)22-12)25-6-2-8-28-11-16(25)14-4-3-13(10-15(14)20)23-18(27)5-7-26/h3-4,9-10,16,26H,2,5-8,11H2,1H3,(H,23,27)(H2,21,22,24)/t16-/m0/s1. The number of aliphatic hydroxyl groups is 1. The highest BCUT2D eigenvalue weighted by Crippen LogP contribution is 2.34. The minimum Gasteiger partial charge on any atom is -0.396 e. The molecule has 9 heteroatoms. The van der Waals surface area contributed by atoms with Gasteiger partial charge in [0.15, 0.2) is 0 Å². The van der Waals surface area contributed by atoms with E-state index in [0.717, 1.165) is 30.0 Å². The molecule has 0 spiro atoms. The molecule has 2 heterocycles. The van der Waals surface area contributed by atoms with E-state index in [-0.39, 0.29) is 30.9 Å². The van der Waals surface area contributed by atoms with E-state index < -0.39 is 0 Å². The lowest BCUT2D eigenvalue weighted by Gasteiger charge is -2.31. The molecular formula is C19H24ClN5O3. The molecule has 0 radical (unpaired) electrons. The van der Waals surface area contributed by atoms with E-state index in [1.165, 1.54) is 0 Å². The molecule has 1 aliphatic heterocycles. The molecule has 1 aromatic carbocycles. The maximum atomic E-state index is 11.7. The minimum absolute atomic E-state index is 0.0398. The number of carbonyl (C=O) groups is 1. The fourth-order valence-electron chi connectivity index (χ4n) is 3.23. The third-order valence-electron chi connectivity index (χ3n) is 4.47. The molecule has 1 fully saturated rings. The van der Waals surface area contributed by atoms with Crippen molar-refractivity contribution in [2.24, 2.45) is 0 Å². The number of hydrogen-bond acceptors (Lipinski definition) is 7. The van der Waals surface area contributed by atoms with Gasteiger partial charge in [-0.1, -0.05) is 17.7 Å². The molecule has 4 N–H and O–H groups in total. The summed E-state index contributed by atoms with van der Waals surface area (Å²) in [6, 6.07) is 7.12. The lowest BCUT2D eigenvalue weighted by atomic mass is 10.0. The van der Waals surface area contributed by atoms with Crippen LogP contribution in [-0.4, -0.2) is 47.3 Å². The van der Waals surface area contributed by atoms with E-state index in [4.69, 9.17) is 27.2 Å². The molecule has 1 amide bonds. The first-order valence-corrected chi connectivity index (χ1v) is 9.51. The molecule has 1 saturated heterocycles. The topological polar surface area (TPSA) is 114 Å². The number of nitrogen functional groups attached to an aromatic ring is 1. The van der Waals surface area contributed by atoms with E-state index in [2.05, 4.69) is 20.2 Å². The largest absolute Gasteiger partial charge is 0.396 e. The Labute approximate surface area is 168 Å². The summed E-state index contributed by atoms with van der Waals surface area (Å²) in [7, 11) is 0. The summed E-state index contributed by atoms with van der Waals surface area (Å²) in [5, 5.41) is 12.1. The molecular weight excluding hydrogens is 382 g/mol. The van der Waals surface area contributed by atoms with Crippen LogP contribution in [0.2, 0.25) is 5.02 Å². The average molecular weight is 406 g/mol. The van der Waals surface area contributed by atoms with Crippen LogP contribution in [-0.2, 0) is 9.53 Å². The maximum Gasteiger partial charge on any atom is 0.226 e. The molecule has 1 aromatic heterocycles. The molecule has 3 rings (SSSR count). The van der Waals surface area contributed by atoms with Crippen molar-refractivity contribution >= 4 is 35.0 Å². The summed E-state index contributed by atoms with van der Waals surface area (Å²) in [5.74, 6) is 0.696. The van der Waals surface area contributed by atoms with Crippen LogP contribution < -0.4 is 16.0 Å². The van der Waals surface area contributed by atoms with E-state index >= 15 is 0 Å². The van der Waals surface area contributed by atoms with Gasteiger partial charge in [-0.2, -0.15) is 4.98 Å². The van der Waals surface area contributed by atoms with E-state index in [0.29, 0.717) is 23.9 Å². The Morgan fingerprint density at radius 1 is 1.43 bits per heavy atom. The van der Waals surface area contributed by atoms with Gasteiger partial charge >= 0.3 is 0 Å². The smallest absolute Gasteiger partial charge is 0.226 e. The third-order valence-corrected chi connectivity index (χ3v) is 4.80. The zero-order chi connectivity index (χ0) is 20.1. The van der Waals surface area contributed by atoms with Gasteiger partial charge in [-0.15, -0.1) is 0 Å². The molecule has 28 heavy (non-hydrogen) atoms. The van der Waals surface area contributed by atoms with E-state index in [1.54, 1.807) is 12.1 Å². The third kappa shape index (κ3) is 4.89. The first-order valence-electron chi connectivity index (χ1n) is 9.13. The van der Waals surface area contributed by atoms with Gasteiger partial charge in [-0.3, -0.25) is 4.79 Å². The fourth-order valence-corrected chi connectivity index (χ4v) is 3.54. The molecule has 1 atom stereocenters. The number of benzene rings is 1. The number of hydrogen-bond donors (Lipinski definition) is 3. The molecule has 0 bridgehead atoms. The summed E-state index contributed by atoms with van der Waals surface area (Å²) in [4.78, 5) is 22.4. The molecule has 150 valence electrons. The van der Waals surface area contributed by atoms with Crippen LogP contribution in [0.1, 0.15) is 30.1 Å². The second-order valence-electron chi connectivity index (χ2n) is 6.62. The Morgan fingerprint density at radius 3 is 2.96 bits per heavy atom. The number of aliphatic hydroxyl groups excluding tert-OH is 1. The second kappa shape index (κ2) is 9.18. The van der Waals surface area contributed by atoms with Gasteiger partial charge < -0.3 is 25.8 Å². The van der Waals surface area contributed by atoms with Gasteiger partial charge in [0, 0.05) is 35.6 Å². The molecule has 2 aromatic rings. The van der Waals surface area contributed by atoms with Crippen LogP contribution in [0, 0.1) is 6.92 Å². The van der Waals surface area contributed by atoms with Crippen LogP contribution in [0.3, 0.4) is 0 Å². The highest BCUT2D eigenvalue weighted by molar-refractivity contribution is 6.31. The summed E-state index contributed by atoms with van der Waals surface area (Å²) in [5.41, 5.74) is 8.09. The predicted molar refractivity (Wildman–Crippen MR) is 108 cm³/mol. The van der Waals surface area contributed by atoms with Crippen molar-refractivity contribution in [3.8, 4) is 0 Å². The number of anilines is 3. The zero-order valence-corrected chi connectivity index (χ0v) is 16.4. The molecule has 0 aliphatic carbocycles. The Balaban J connectivity index is 1.90. The number of nitrogens with one attached hydrogen (secondary N) is 1. The van der Waals surface area contributed by atoms with Crippen molar-refractivity contribution < 1.29 is 14.6 Å². The summed E-state index contributed by atoms with van der Waals surface area (Å²) >= 11 is 6.55. The number of amides is 1. The monoisotopic (exact) mass is 405 g/mol. The van der Waals surface area contributed by atoms with Crippen LogP contribution in [0.15, 0.2) is 24.3 Å². The van der Waals surface area contributed by atoms with Crippen molar-refractivity contribution in [2.45, 2.75) is 25.8 Å². The van der Waals surface area contributed by atoms with Crippen LogP contribution in [0.5, 0.6) is 0 Å². The van der Waals surface area contributed by atoms with Crippen molar-refractivity contribution in [2.75, 3.05) is 42.3 Å². The lowest BCUT2D eigenvalue weighted by Crippen LogP contribution is -2.32. The number of nitrogens with two attached hydrogens (primary N) is 1. The first kappa shape index (κ1) is 20.3. The normalized spacial score (nSPS) is 17.2. The zero-order valence-electron chi connectivity index (χ0n) is 15.7. The fraction of sp³-hybridized carbons (Fsp3) is 0.421. The molecule has 0 saturated carbocycles. The second-order valence-corrected chi connectivity index (χ2v) is 7.03. The number of aryl methyl sites for hydroxylation is 1. The minimum atomic E-state index is -0.266. The number of ether oxygens (including phenoxy) is 1. The molecule has 1 aliphatic rings. The molecule has 8 nitrogen and oxygen atoms in total. The maximum absolute atomic E-state index is 11.7. The molecule has 0 unspecified atom stereocenters. The highest BCUT2D eigenvalue weighted by atomic mass is 35.5. The van der Waals surface area contributed by atoms with Crippen LogP contribution in [0.25, 0.3) is 0 Å². The van der Waals surface area contributed by atoms with Gasteiger partial charge in [0.05, 0.1) is 25.7 Å². The number of nitrogens with zero attached hydrogens (tertiary/aromatic N) is 3. The lowest BCUT2D eigenvalue weighted by molar-refractivity contribution is -0.116. The van der Waals surface area contributed by atoms with Gasteiger partial charge in [-0.05, 0) is 31.0 Å². The Morgan fingerprint density at radius 2 is 2.25 bits per heavy atom. The Kier molecular flexibility index (Phi) is 6.66. The number of carbonyl (C=O) groups excluding carboxylic acids is 1.